The van der Waals surface area contributed by atoms with Crippen LogP contribution in [0.25, 0.3) is 0 Å². The molecular formula is C14H23NO3. The van der Waals surface area contributed by atoms with Crippen molar-refractivity contribution >= 4 is 11.9 Å². The third-order valence-corrected chi connectivity index (χ3v) is 4.08. The fraction of sp³-hybridized carbons (Fsp3) is 0.857. The first-order valence-electron chi connectivity index (χ1n) is 7.03. The van der Waals surface area contributed by atoms with Crippen LogP contribution in [0.5, 0.6) is 0 Å². The highest BCUT2D eigenvalue weighted by Crippen LogP contribution is 2.41. The van der Waals surface area contributed by atoms with Crippen molar-refractivity contribution in [1.29, 1.82) is 0 Å². The van der Waals surface area contributed by atoms with E-state index < -0.39 is 0 Å². The summed E-state index contributed by atoms with van der Waals surface area (Å²) < 4.78 is 4.96. The van der Waals surface area contributed by atoms with Crippen LogP contribution in [0, 0.1) is 5.41 Å². The molecule has 0 aliphatic heterocycles. The summed E-state index contributed by atoms with van der Waals surface area (Å²) in [6.07, 6.45) is 6.22. The van der Waals surface area contributed by atoms with Crippen LogP contribution in [0.1, 0.15) is 52.4 Å². The standard InChI is InChI=1S/C14H23NO3/c1-3-18-12(16)10-15(11-6-7-11)13(17)14(2)8-4-5-9-14/h11H,3-10H2,1-2H3. The zero-order valence-electron chi connectivity index (χ0n) is 11.4. The van der Waals surface area contributed by atoms with Crippen LogP contribution in [0.2, 0.25) is 0 Å². The summed E-state index contributed by atoms with van der Waals surface area (Å²) >= 11 is 0. The minimum atomic E-state index is -0.278. The van der Waals surface area contributed by atoms with Gasteiger partial charge in [-0.15, -0.1) is 0 Å². The number of nitrogens with zero attached hydrogens (tertiary/aromatic N) is 1. The number of carbonyl (C=O) groups is 2. The fourth-order valence-corrected chi connectivity index (χ4v) is 2.81. The minimum absolute atomic E-state index is 0.132. The van der Waals surface area contributed by atoms with Crippen LogP contribution in [-0.2, 0) is 14.3 Å². The second-order valence-electron chi connectivity index (χ2n) is 5.74. The molecule has 0 unspecified atom stereocenters. The second-order valence-corrected chi connectivity index (χ2v) is 5.74. The summed E-state index contributed by atoms with van der Waals surface area (Å²) in [5, 5.41) is 0. The van der Waals surface area contributed by atoms with Crippen molar-refractivity contribution in [2.45, 2.75) is 58.4 Å². The lowest BCUT2D eigenvalue weighted by Gasteiger charge is -2.31. The number of amides is 1. The lowest BCUT2D eigenvalue weighted by Crippen LogP contribution is -2.45. The highest BCUT2D eigenvalue weighted by atomic mass is 16.5. The van der Waals surface area contributed by atoms with Gasteiger partial charge >= 0.3 is 5.97 Å². The van der Waals surface area contributed by atoms with E-state index in [2.05, 4.69) is 0 Å². The zero-order valence-corrected chi connectivity index (χ0v) is 11.4. The Labute approximate surface area is 109 Å². The molecule has 2 fully saturated rings. The van der Waals surface area contributed by atoms with Crippen LogP contribution in [0.15, 0.2) is 0 Å². The van der Waals surface area contributed by atoms with Gasteiger partial charge in [-0.25, -0.2) is 0 Å². The summed E-state index contributed by atoms with van der Waals surface area (Å²) in [7, 11) is 0. The van der Waals surface area contributed by atoms with Crippen LogP contribution in [-0.4, -0.2) is 36.0 Å². The zero-order chi connectivity index (χ0) is 13.2. The van der Waals surface area contributed by atoms with Gasteiger partial charge in [0.05, 0.1) is 6.61 Å². The molecule has 0 aromatic rings. The third kappa shape index (κ3) is 2.85. The van der Waals surface area contributed by atoms with Gasteiger partial charge in [0.1, 0.15) is 6.54 Å². The SMILES string of the molecule is CCOC(=O)CN(C(=O)C1(C)CCCC1)C1CC1. The normalized spacial score (nSPS) is 21.7. The fourth-order valence-electron chi connectivity index (χ4n) is 2.81. The maximum Gasteiger partial charge on any atom is 0.325 e. The average Bonchev–Trinajstić information content (AvgIpc) is 3.08. The summed E-state index contributed by atoms with van der Waals surface area (Å²) in [5.41, 5.74) is -0.241. The summed E-state index contributed by atoms with van der Waals surface area (Å²) in [5.74, 6) is -0.116. The monoisotopic (exact) mass is 253 g/mol. The number of ether oxygens (including phenoxy) is 1. The van der Waals surface area contributed by atoms with Gasteiger partial charge in [-0.2, -0.15) is 0 Å². The van der Waals surface area contributed by atoms with Crippen molar-refractivity contribution in [1.82, 2.24) is 4.90 Å². The predicted octanol–water partition coefficient (Wildman–Crippen LogP) is 2.12. The Bertz CT molecular complexity index is 330. The first-order valence-corrected chi connectivity index (χ1v) is 7.03. The molecule has 2 aliphatic rings. The number of hydrogen-bond donors (Lipinski definition) is 0. The molecule has 0 N–H and O–H groups in total. The Morgan fingerprint density at radius 2 is 1.89 bits per heavy atom. The van der Waals surface area contributed by atoms with Crippen LogP contribution >= 0.6 is 0 Å². The lowest BCUT2D eigenvalue weighted by atomic mass is 9.87. The van der Waals surface area contributed by atoms with Gasteiger partial charge in [-0.05, 0) is 32.6 Å². The third-order valence-electron chi connectivity index (χ3n) is 4.08. The average molecular weight is 253 g/mol. The van der Waals surface area contributed by atoms with E-state index in [1.54, 1.807) is 11.8 Å². The molecular weight excluding hydrogens is 230 g/mol. The quantitative estimate of drug-likeness (QED) is 0.705. The molecule has 4 heteroatoms. The maximum atomic E-state index is 12.6. The highest BCUT2D eigenvalue weighted by molar-refractivity contribution is 5.86. The Balaban J connectivity index is 2.00. The summed E-state index contributed by atoms with van der Waals surface area (Å²) in [4.78, 5) is 26.0. The van der Waals surface area contributed by atoms with Gasteiger partial charge in [0.25, 0.3) is 0 Å². The molecule has 0 aromatic heterocycles. The van der Waals surface area contributed by atoms with Crippen molar-refractivity contribution < 1.29 is 14.3 Å². The van der Waals surface area contributed by atoms with E-state index in [-0.39, 0.29) is 29.9 Å². The first kappa shape index (κ1) is 13.4. The van der Waals surface area contributed by atoms with E-state index in [0.29, 0.717) is 6.61 Å². The second kappa shape index (κ2) is 5.29. The van der Waals surface area contributed by atoms with E-state index >= 15 is 0 Å². The molecule has 2 rings (SSSR count). The van der Waals surface area contributed by atoms with Gasteiger partial charge in [-0.1, -0.05) is 19.8 Å². The van der Waals surface area contributed by atoms with Gasteiger partial charge in [0.2, 0.25) is 5.91 Å². The van der Waals surface area contributed by atoms with Gasteiger partial charge in [-0.3, -0.25) is 9.59 Å². The van der Waals surface area contributed by atoms with E-state index in [1.165, 1.54) is 0 Å². The number of rotatable bonds is 5. The molecule has 2 saturated carbocycles. The Morgan fingerprint density at radius 1 is 1.28 bits per heavy atom. The molecule has 0 saturated heterocycles. The maximum absolute atomic E-state index is 12.6. The number of hydrogen-bond acceptors (Lipinski definition) is 3. The Kier molecular flexibility index (Phi) is 3.93. The van der Waals surface area contributed by atoms with Crippen molar-refractivity contribution in [2.75, 3.05) is 13.2 Å². The number of carbonyl (C=O) groups excluding carboxylic acids is 2. The van der Waals surface area contributed by atoms with Crippen molar-refractivity contribution in [3.63, 3.8) is 0 Å². The molecule has 4 nitrogen and oxygen atoms in total. The first-order chi connectivity index (χ1) is 8.57. The molecule has 18 heavy (non-hydrogen) atoms. The van der Waals surface area contributed by atoms with E-state index in [1.807, 2.05) is 6.92 Å². The van der Waals surface area contributed by atoms with E-state index in [0.717, 1.165) is 38.5 Å². The van der Waals surface area contributed by atoms with Crippen LogP contribution in [0.4, 0.5) is 0 Å². The van der Waals surface area contributed by atoms with Crippen LogP contribution in [0.3, 0.4) is 0 Å². The molecule has 0 aromatic carbocycles. The lowest BCUT2D eigenvalue weighted by molar-refractivity contribution is -0.153. The molecule has 0 radical (unpaired) electrons. The van der Waals surface area contributed by atoms with E-state index in [4.69, 9.17) is 4.74 Å². The molecule has 0 heterocycles. The summed E-state index contributed by atoms with van der Waals surface area (Å²) in [6, 6.07) is 0.277. The predicted molar refractivity (Wildman–Crippen MR) is 67.9 cm³/mol. The van der Waals surface area contributed by atoms with Crippen LogP contribution < -0.4 is 0 Å². The summed E-state index contributed by atoms with van der Waals surface area (Å²) in [6.45, 7) is 4.35. The van der Waals surface area contributed by atoms with Gasteiger partial charge in [0.15, 0.2) is 0 Å². The Morgan fingerprint density at radius 3 is 2.39 bits per heavy atom. The molecule has 0 bridgehead atoms. The van der Waals surface area contributed by atoms with Gasteiger partial charge < -0.3 is 9.64 Å². The molecule has 2 aliphatic carbocycles. The Hall–Kier alpha value is -1.06. The number of esters is 1. The molecule has 1 amide bonds. The van der Waals surface area contributed by atoms with Crippen molar-refractivity contribution in [3.05, 3.63) is 0 Å². The van der Waals surface area contributed by atoms with Crippen molar-refractivity contribution in [2.24, 2.45) is 5.41 Å². The molecule has 102 valence electrons. The van der Waals surface area contributed by atoms with E-state index in [9.17, 15) is 9.59 Å². The largest absolute Gasteiger partial charge is 0.465 e. The minimum Gasteiger partial charge on any atom is -0.465 e. The van der Waals surface area contributed by atoms with Crippen molar-refractivity contribution in [3.8, 4) is 0 Å². The smallest absolute Gasteiger partial charge is 0.325 e. The highest BCUT2D eigenvalue weighted by Gasteiger charge is 2.44. The molecule has 0 atom stereocenters. The topological polar surface area (TPSA) is 46.6 Å². The molecule has 0 spiro atoms. The van der Waals surface area contributed by atoms with Gasteiger partial charge in [0, 0.05) is 11.5 Å².